The SMILES string of the molecule is CC1CC(C)CN(C(=O)CCCN(C)S(=O)(=O)c2cccs2)C1. The maximum Gasteiger partial charge on any atom is 0.252 e. The molecule has 1 fully saturated rings. The van der Waals surface area contributed by atoms with Crippen LogP contribution in [-0.2, 0) is 14.8 Å². The summed E-state index contributed by atoms with van der Waals surface area (Å²) in [5.74, 6) is 1.24. The fourth-order valence-electron chi connectivity index (χ4n) is 3.16. The molecule has 2 heterocycles. The molecular weight excluding hydrogens is 332 g/mol. The molecule has 2 unspecified atom stereocenters. The lowest BCUT2D eigenvalue weighted by atomic mass is 9.91. The van der Waals surface area contributed by atoms with E-state index in [1.54, 1.807) is 24.6 Å². The Morgan fingerprint density at radius 2 is 2.00 bits per heavy atom. The summed E-state index contributed by atoms with van der Waals surface area (Å²) in [6, 6.07) is 3.34. The molecule has 130 valence electrons. The molecule has 2 rings (SSSR count). The van der Waals surface area contributed by atoms with E-state index in [-0.39, 0.29) is 5.91 Å². The minimum atomic E-state index is -3.41. The molecular formula is C16H26N2O3S2. The second-order valence-corrected chi connectivity index (χ2v) is 9.83. The van der Waals surface area contributed by atoms with Gasteiger partial charge in [0.15, 0.2) is 0 Å². The normalized spacial score (nSPS) is 22.5. The van der Waals surface area contributed by atoms with Crippen LogP contribution in [0.3, 0.4) is 0 Å². The Balaban J connectivity index is 1.81. The number of carbonyl (C=O) groups is 1. The van der Waals surface area contributed by atoms with Crippen molar-refractivity contribution in [2.24, 2.45) is 11.8 Å². The molecule has 0 aromatic carbocycles. The lowest BCUT2D eigenvalue weighted by molar-refractivity contribution is -0.134. The molecule has 2 atom stereocenters. The minimum absolute atomic E-state index is 0.144. The summed E-state index contributed by atoms with van der Waals surface area (Å²) in [5.41, 5.74) is 0. The molecule has 0 N–H and O–H groups in total. The molecule has 1 aliphatic heterocycles. The number of rotatable bonds is 6. The van der Waals surface area contributed by atoms with Crippen LogP contribution in [0.15, 0.2) is 21.7 Å². The largest absolute Gasteiger partial charge is 0.342 e. The predicted molar refractivity (Wildman–Crippen MR) is 92.9 cm³/mol. The van der Waals surface area contributed by atoms with Crippen LogP contribution in [0, 0.1) is 11.8 Å². The van der Waals surface area contributed by atoms with Crippen molar-refractivity contribution < 1.29 is 13.2 Å². The van der Waals surface area contributed by atoms with Gasteiger partial charge in [0.2, 0.25) is 5.91 Å². The zero-order chi connectivity index (χ0) is 17.0. The monoisotopic (exact) mass is 358 g/mol. The average Bonchev–Trinajstić information content (AvgIpc) is 3.00. The summed E-state index contributed by atoms with van der Waals surface area (Å²) in [7, 11) is -1.84. The fraction of sp³-hybridized carbons (Fsp3) is 0.688. The molecule has 1 saturated heterocycles. The zero-order valence-electron chi connectivity index (χ0n) is 14.1. The van der Waals surface area contributed by atoms with Crippen LogP contribution in [-0.4, -0.2) is 50.2 Å². The van der Waals surface area contributed by atoms with Gasteiger partial charge in [-0.25, -0.2) is 12.7 Å². The van der Waals surface area contributed by atoms with E-state index in [2.05, 4.69) is 13.8 Å². The molecule has 1 aromatic heterocycles. The third kappa shape index (κ3) is 4.78. The summed E-state index contributed by atoms with van der Waals surface area (Å²) < 4.78 is 26.3. The highest BCUT2D eigenvalue weighted by molar-refractivity contribution is 7.91. The third-order valence-corrected chi connectivity index (χ3v) is 7.47. The van der Waals surface area contributed by atoms with E-state index in [9.17, 15) is 13.2 Å². The van der Waals surface area contributed by atoms with Crippen LogP contribution in [0.2, 0.25) is 0 Å². The number of hydrogen-bond donors (Lipinski definition) is 0. The van der Waals surface area contributed by atoms with Gasteiger partial charge >= 0.3 is 0 Å². The van der Waals surface area contributed by atoms with Gasteiger partial charge < -0.3 is 4.90 Å². The molecule has 0 radical (unpaired) electrons. The van der Waals surface area contributed by atoms with Crippen molar-refractivity contribution in [1.82, 2.24) is 9.21 Å². The molecule has 1 aromatic rings. The molecule has 23 heavy (non-hydrogen) atoms. The van der Waals surface area contributed by atoms with Gasteiger partial charge in [-0.3, -0.25) is 4.79 Å². The van der Waals surface area contributed by atoms with Crippen LogP contribution < -0.4 is 0 Å². The van der Waals surface area contributed by atoms with Crippen LogP contribution in [0.5, 0.6) is 0 Å². The fourth-order valence-corrected chi connectivity index (χ4v) is 5.57. The Labute approximate surface area is 143 Å². The number of piperidine rings is 1. The highest BCUT2D eigenvalue weighted by Gasteiger charge is 2.26. The highest BCUT2D eigenvalue weighted by Crippen LogP contribution is 2.22. The summed E-state index contributed by atoms with van der Waals surface area (Å²) in [5, 5.41) is 1.75. The maximum atomic E-state index is 12.3. The smallest absolute Gasteiger partial charge is 0.252 e. The molecule has 7 heteroatoms. The number of amides is 1. The van der Waals surface area contributed by atoms with E-state index in [1.165, 1.54) is 22.1 Å². The number of thiophene rings is 1. The molecule has 0 aliphatic carbocycles. The number of nitrogens with zero attached hydrogens (tertiary/aromatic N) is 2. The van der Waals surface area contributed by atoms with Crippen LogP contribution in [0.4, 0.5) is 0 Å². The van der Waals surface area contributed by atoms with Gasteiger partial charge in [0.25, 0.3) is 10.0 Å². The van der Waals surface area contributed by atoms with Crippen LogP contribution in [0.25, 0.3) is 0 Å². The molecule has 5 nitrogen and oxygen atoms in total. The Morgan fingerprint density at radius 1 is 1.35 bits per heavy atom. The second kappa shape index (κ2) is 7.77. The Hall–Kier alpha value is -0.920. The minimum Gasteiger partial charge on any atom is -0.342 e. The Kier molecular flexibility index (Phi) is 6.22. The standard InChI is InChI=1S/C16H26N2O3S2/c1-13-10-14(2)12-18(11-13)15(19)6-4-8-17(3)23(20,21)16-7-5-9-22-16/h5,7,9,13-14H,4,6,8,10-12H2,1-3H3. The van der Waals surface area contributed by atoms with Crippen molar-refractivity contribution >= 4 is 27.3 Å². The van der Waals surface area contributed by atoms with E-state index in [0.717, 1.165) is 13.1 Å². The van der Waals surface area contributed by atoms with Crippen molar-refractivity contribution in [2.75, 3.05) is 26.7 Å². The summed E-state index contributed by atoms with van der Waals surface area (Å²) in [4.78, 5) is 14.2. The van der Waals surface area contributed by atoms with Crippen LogP contribution >= 0.6 is 11.3 Å². The van der Waals surface area contributed by atoms with Crippen molar-refractivity contribution in [3.8, 4) is 0 Å². The first-order valence-electron chi connectivity index (χ1n) is 8.08. The average molecular weight is 359 g/mol. The van der Waals surface area contributed by atoms with Crippen molar-refractivity contribution in [3.05, 3.63) is 17.5 Å². The van der Waals surface area contributed by atoms with E-state index < -0.39 is 10.0 Å². The van der Waals surface area contributed by atoms with Gasteiger partial charge in [0.1, 0.15) is 4.21 Å². The van der Waals surface area contributed by atoms with Crippen molar-refractivity contribution in [2.45, 2.75) is 37.3 Å². The van der Waals surface area contributed by atoms with Gasteiger partial charge in [0.05, 0.1) is 0 Å². The zero-order valence-corrected chi connectivity index (χ0v) is 15.7. The molecule has 1 amide bonds. The van der Waals surface area contributed by atoms with Crippen LogP contribution in [0.1, 0.15) is 33.1 Å². The first-order valence-corrected chi connectivity index (χ1v) is 10.4. The van der Waals surface area contributed by atoms with Gasteiger partial charge in [-0.1, -0.05) is 19.9 Å². The number of likely N-dealkylation sites (tertiary alicyclic amines) is 1. The molecule has 0 spiro atoms. The summed E-state index contributed by atoms with van der Waals surface area (Å²) in [6.07, 6.45) is 2.13. The van der Waals surface area contributed by atoms with Gasteiger partial charge in [-0.2, -0.15) is 0 Å². The summed E-state index contributed by atoms with van der Waals surface area (Å²) in [6.45, 7) is 6.37. The molecule has 0 bridgehead atoms. The first kappa shape index (κ1) is 18.4. The van der Waals surface area contributed by atoms with Gasteiger partial charge in [-0.05, 0) is 36.1 Å². The number of carbonyl (C=O) groups excluding carboxylic acids is 1. The van der Waals surface area contributed by atoms with E-state index in [4.69, 9.17) is 0 Å². The molecule has 0 saturated carbocycles. The summed E-state index contributed by atoms with van der Waals surface area (Å²) >= 11 is 1.22. The van der Waals surface area contributed by atoms with Gasteiger partial charge in [0, 0.05) is 33.1 Å². The lowest BCUT2D eigenvalue weighted by Crippen LogP contribution is -2.42. The molecule has 1 aliphatic rings. The Bertz CT molecular complexity index is 603. The lowest BCUT2D eigenvalue weighted by Gasteiger charge is -2.35. The predicted octanol–water partition coefficient (Wildman–Crippen LogP) is 2.65. The number of sulfonamides is 1. The van der Waals surface area contributed by atoms with Crippen molar-refractivity contribution in [1.29, 1.82) is 0 Å². The van der Waals surface area contributed by atoms with E-state index >= 15 is 0 Å². The van der Waals surface area contributed by atoms with Crippen molar-refractivity contribution in [3.63, 3.8) is 0 Å². The highest BCUT2D eigenvalue weighted by atomic mass is 32.2. The Morgan fingerprint density at radius 3 is 2.57 bits per heavy atom. The number of hydrogen-bond acceptors (Lipinski definition) is 4. The maximum absolute atomic E-state index is 12.3. The quantitative estimate of drug-likeness (QED) is 0.785. The van der Waals surface area contributed by atoms with Gasteiger partial charge in [-0.15, -0.1) is 11.3 Å². The first-order chi connectivity index (χ1) is 10.8. The second-order valence-electron chi connectivity index (χ2n) is 6.61. The van der Waals surface area contributed by atoms with E-state index in [0.29, 0.717) is 35.4 Å². The third-order valence-electron chi connectivity index (χ3n) is 4.24. The van der Waals surface area contributed by atoms with E-state index in [1.807, 2.05) is 4.90 Å². The topological polar surface area (TPSA) is 57.7 Å².